The minimum Gasteiger partial charge on any atom is -0.462 e. The van der Waals surface area contributed by atoms with Crippen LogP contribution in [-0.4, -0.2) is 25.0 Å². The lowest BCUT2D eigenvalue weighted by atomic mass is 10.1. The van der Waals surface area contributed by atoms with E-state index < -0.39 is 0 Å². The maximum Gasteiger partial charge on any atom is 0.338 e. The Bertz CT molecular complexity index is 389. The molecule has 0 aromatic heterocycles. The third-order valence-corrected chi connectivity index (χ3v) is 2.52. The van der Waals surface area contributed by atoms with Crippen molar-refractivity contribution < 1.29 is 14.3 Å². The third-order valence-electron chi connectivity index (χ3n) is 2.52. The van der Waals surface area contributed by atoms with Gasteiger partial charge in [-0.1, -0.05) is 18.2 Å². The highest BCUT2D eigenvalue weighted by molar-refractivity contribution is 5.89. The molecule has 1 saturated heterocycles. The zero-order chi connectivity index (χ0) is 11.4. The Hall–Kier alpha value is -1.84. The highest BCUT2D eigenvalue weighted by Crippen LogP contribution is 2.10. The molecule has 84 valence electrons. The van der Waals surface area contributed by atoms with Crippen molar-refractivity contribution in [3.63, 3.8) is 0 Å². The van der Waals surface area contributed by atoms with Crippen molar-refractivity contribution in [3.8, 4) is 0 Å². The molecule has 1 N–H and O–H groups in total. The zero-order valence-corrected chi connectivity index (χ0v) is 8.81. The van der Waals surface area contributed by atoms with Crippen LogP contribution < -0.4 is 5.32 Å². The Morgan fingerprint density at radius 2 is 2.12 bits per heavy atom. The van der Waals surface area contributed by atoms with Gasteiger partial charge in [-0.15, -0.1) is 0 Å². The van der Waals surface area contributed by atoms with E-state index in [1.54, 1.807) is 24.3 Å². The third kappa shape index (κ3) is 2.59. The summed E-state index contributed by atoms with van der Waals surface area (Å²) in [6, 6.07) is 8.84. The first-order valence-electron chi connectivity index (χ1n) is 5.24. The molecule has 1 aliphatic heterocycles. The molecule has 1 aliphatic rings. The summed E-state index contributed by atoms with van der Waals surface area (Å²) in [5.41, 5.74) is 0.541. The van der Waals surface area contributed by atoms with Gasteiger partial charge in [0, 0.05) is 18.9 Å². The molecule has 1 atom stereocenters. The summed E-state index contributed by atoms with van der Waals surface area (Å²) in [5.74, 6) is -0.194. The van der Waals surface area contributed by atoms with E-state index in [1.165, 1.54) is 0 Å². The van der Waals surface area contributed by atoms with Crippen molar-refractivity contribution in [2.45, 2.75) is 6.42 Å². The van der Waals surface area contributed by atoms with E-state index in [-0.39, 0.29) is 17.8 Å². The van der Waals surface area contributed by atoms with Crippen molar-refractivity contribution in [2.24, 2.45) is 5.92 Å². The molecule has 1 aromatic rings. The number of nitrogens with one attached hydrogen (secondary N) is 1. The molecule has 0 aliphatic carbocycles. The van der Waals surface area contributed by atoms with Gasteiger partial charge in [-0.2, -0.15) is 0 Å². The molecule has 0 saturated carbocycles. The van der Waals surface area contributed by atoms with Gasteiger partial charge in [0.05, 0.1) is 12.2 Å². The van der Waals surface area contributed by atoms with Gasteiger partial charge < -0.3 is 10.1 Å². The van der Waals surface area contributed by atoms with Gasteiger partial charge in [0.25, 0.3) is 0 Å². The number of rotatable bonds is 3. The normalized spacial score (nSPS) is 19.2. The fourth-order valence-corrected chi connectivity index (χ4v) is 1.63. The van der Waals surface area contributed by atoms with E-state index in [4.69, 9.17) is 4.74 Å². The number of amides is 1. The molecule has 4 nitrogen and oxygen atoms in total. The first-order chi connectivity index (χ1) is 7.75. The second-order valence-electron chi connectivity index (χ2n) is 3.84. The predicted octanol–water partition coefficient (Wildman–Crippen LogP) is 0.980. The lowest BCUT2D eigenvalue weighted by Crippen LogP contribution is -2.17. The lowest BCUT2D eigenvalue weighted by Gasteiger charge is -2.08. The fraction of sp³-hybridized carbons (Fsp3) is 0.333. The topological polar surface area (TPSA) is 55.4 Å². The fourth-order valence-electron chi connectivity index (χ4n) is 1.63. The van der Waals surface area contributed by atoms with Gasteiger partial charge in [0.2, 0.25) is 5.91 Å². The number of carbonyl (C=O) groups excluding carboxylic acids is 2. The van der Waals surface area contributed by atoms with Crippen molar-refractivity contribution in [1.29, 1.82) is 0 Å². The molecule has 0 spiro atoms. The summed E-state index contributed by atoms with van der Waals surface area (Å²) >= 11 is 0. The van der Waals surface area contributed by atoms with Crippen LogP contribution in [0.1, 0.15) is 16.8 Å². The first-order valence-corrected chi connectivity index (χ1v) is 5.24. The first kappa shape index (κ1) is 10.7. The van der Waals surface area contributed by atoms with Gasteiger partial charge in [0.15, 0.2) is 0 Å². The van der Waals surface area contributed by atoms with Crippen LogP contribution in [0.5, 0.6) is 0 Å². The number of hydrogen-bond acceptors (Lipinski definition) is 3. The number of esters is 1. The molecule has 1 amide bonds. The quantitative estimate of drug-likeness (QED) is 0.771. The molecule has 1 fully saturated rings. The lowest BCUT2D eigenvalue weighted by molar-refractivity contribution is -0.119. The van der Waals surface area contributed by atoms with Gasteiger partial charge >= 0.3 is 5.97 Å². The molecule has 4 heteroatoms. The molecule has 1 heterocycles. The van der Waals surface area contributed by atoms with E-state index in [9.17, 15) is 9.59 Å². The van der Waals surface area contributed by atoms with Gasteiger partial charge in [0.1, 0.15) is 0 Å². The Labute approximate surface area is 93.6 Å². The predicted molar refractivity (Wildman–Crippen MR) is 57.8 cm³/mol. The standard InChI is InChI=1S/C12H13NO3/c14-11-6-9(7-13-11)8-16-12(15)10-4-2-1-3-5-10/h1-5,9H,6-8H2,(H,13,14)/t9-/m1/s1. The summed E-state index contributed by atoms with van der Waals surface area (Å²) in [5, 5.41) is 2.70. The number of ether oxygens (including phenoxy) is 1. The Morgan fingerprint density at radius 3 is 2.75 bits per heavy atom. The minimum absolute atomic E-state index is 0.0285. The average Bonchev–Trinajstić information content (AvgIpc) is 2.73. The molecule has 0 radical (unpaired) electrons. The summed E-state index contributed by atoms with van der Waals surface area (Å²) < 4.78 is 5.13. The highest BCUT2D eigenvalue weighted by Gasteiger charge is 2.22. The number of benzene rings is 1. The maximum absolute atomic E-state index is 11.6. The largest absolute Gasteiger partial charge is 0.462 e. The second-order valence-corrected chi connectivity index (χ2v) is 3.84. The van der Waals surface area contributed by atoms with Crippen LogP contribution in [-0.2, 0) is 9.53 Å². The second kappa shape index (κ2) is 4.79. The molecule has 16 heavy (non-hydrogen) atoms. The number of carbonyl (C=O) groups is 2. The van der Waals surface area contributed by atoms with Crippen LogP contribution in [0.25, 0.3) is 0 Å². The molecule has 0 bridgehead atoms. The van der Waals surface area contributed by atoms with Crippen LogP contribution in [0.15, 0.2) is 30.3 Å². The van der Waals surface area contributed by atoms with Crippen LogP contribution >= 0.6 is 0 Å². The summed E-state index contributed by atoms with van der Waals surface area (Å²) in [6.07, 6.45) is 0.446. The molecule has 0 unspecified atom stereocenters. The van der Waals surface area contributed by atoms with E-state index in [1.807, 2.05) is 6.07 Å². The summed E-state index contributed by atoms with van der Waals surface area (Å²) in [4.78, 5) is 22.5. The van der Waals surface area contributed by atoms with Crippen molar-refractivity contribution >= 4 is 11.9 Å². The number of hydrogen-bond donors (Lipinski definition) is 1. The SMILES string of the molecule is O=C1C[C@@H](COC(=O)c2ccccc2)CN1. The van der Waals surface area contributed by atoms with Crippen LogP contribution in [0.4, 0.5) is 0 Å². The van der Waals surface area contributed by atoms with Gasteiger partial charge in [-0.3, -0.25) is 4.79 Å². The van der Waals surface area contributed by atoms with E-state index in [2.05, 4.69) is 5.32 Å². The molecule has 2 rings (SSSR count). The Balaban J connectivity index is 1.82. The molecule has 1 aromatic carbocycles. The molecular formula is C12H13NO3. The van der Waals surface area contributed by atoms with Crippen LogP contribution in [0, 0.1) is 5.92 Å². The summed E-state index contributed by atoms with van der Waals surface area (Å²) in [6.45, 7) is 0.896. The summed E-state index contributed by atoms with van der Waals surface area (Å²) in [7, 11) is 0. The van der Waals surface area contributed by atoms with Crippen LogP contribution in [0.3, 0.4) is 0 Å². The monoisotopic (exact) mass is 219 g/mol. The van der Waals surface area contributed by atoms with Crippen molar-refractivity contribution in [1.82, 2.24) is 5.32 Å². The minimum atomic E-state index is -0.333. The molecular weight excluding hydrogens is 206 g/mol. The smallest absolute Gasteiger partial charge is 0.338 e. The average molecular weight is 219 g/mol. The Morgan fingerprint density at radius 1 is 1.38 bits per heavy atom. The van der Waals surface area contributed by atoms with Crippen molar-refractivity contribution in [3.05, 3.63) is 35.9 Å². The van der Waals surface area contributed by atoms with E-state index >= 15 is 0 Å². The highest BCUT2D eigenvalue weighted by atomic mass is 16.5. The Kier molecular flexibility index (Phi) is 3.19. The zero-order valence-electron chi connectivity index (χ0n) is 8.81. The van der Waals surface area contributed by atoms with E-state index in [0.717, 1.165) is 0 Å². The van der Waals surface area contributed by atoms with Gasteiger partial charge in [-0.25, -0.2) is 4.79 Å². The van der Waals surface area contributed by atoms with Crippen LogP contribution in [0.2, 0.25) is 0 Å². The van der Waals surface area contributed by atoms with Gasteiger partial charge in [-0.05, 0) is 12.1 Å². The maximum atomic E-state index is 11.6. The van der Waals surface area contributed by atoms with E-state index in [0.29, 0.717) is 25.1 Å². The van der Waals surface area contributed by atoms with Crippen molar-refractivity contribution in [2.75, 3.05) is 13.2 Å².